The van der Waals surface area contributed by atoms with E-state index in [0.29, 0.717) is 5.82 Å². The van der Waals surface area contributed by atoms with Gasteiger partial charge in [-0.3, -0.25) is 0 Å². The molecule has 0 saturated carbocycles. The summed E-state index contributed by atoms with van der Waals surface area (Å²) in [5.41, 5.74) is -0.705. The molecule has 0 aliphatic carbocycles. The van der Waals surface area contributed by atoms with Gasteiger partial charge in [-0.1, -0.05) is 0 Å². The van der Waals surface area contributed by atoms with E-state index in [1.165, 1.54) is 11.8 Å². The number of hydrogen-bond donors (Lipinski definition) is 0. The van der Waals surface area contributed by atoms with E-state index in [2.05, 4.69) is 19.9 Å². The maximum atomic E-state index is 12.7. The summed E-state index contributed by atoms with van der Waals surface area (Å²) in [5, 5.41) is 0. The number of aromatic nitrogens is 4. The van der Waals surface area contributed by atoms with Gasteiger partial charge in [0.1, 0.15) is 11.5 Å². The molecule has 0 spiro atoms. The van der Waals surface area contributed by atoms with E-state index in [1.54, 1.807) is 25.5 Å². The number of aryl methyl sites for hydroxylation is 1. The molecule has 0 N–H and O–H groups in total. The van der Waals surface area contributed by atoms with Gasteiger partial charge in [-0.2, -0.15) is 13.2 Å². The first kappa shape index (κ1) is 14.2. The van der Waals surface area contributed by atoms with E-state index in [9.17, 15) is 13.2 Å². The van der Waals surface area contributed by atoms with Gasteiger partial charge in [0.2, 0.25) is 5.95 Å². The van der Waals surface area contributed by atoms with Crippen LogP contribution in [0.5, 0.6) is 0 Å². The molecule has 2 aromatic heterocycles. The number of alkyl halides is 3. The predicted molar refractivity (Wildman–Crippen MR) is 65.9 cm³/mol. The minimum absolute atomic E-state index is 0.00946. The molecule has 0 atom stereocenters. The first-order valence-electron chi connectivity index (χ1n) is 5.76. The molecule has 2 rings (SSSR count). The lowest BCUT2D eigenvalue weighted by Gasteiger charge is -2.17. The summed E-state index contributed by atoms with van der Waals surface area (Å²) in [6, 6.07) is 2.57. The van der Waals surface area contributed by atoms with Crippen LogP contribution in [0.3, 0.4) is 0 Å². The minimum atomic E-state index is -4.49. The Morgan fingerprint density at radius 3 is 2.40 bits per heavy atom. The lowest BCUT2D eigenvalue weighted by Crippen LogP contribution is -2.22. The zero-order valence-electron chi connectivity index (χ0n) is 10.9. The highest BCUT2D eigenvalue weighted by molar-refractivity contribution is 5.32. The maximum Gasteiger partial charge on any atom is 0.433 e. The van der Waals surface area contributed by atoms with Crippen molar-refractivity contribution in [2.75, 3.05) is 11.9 Å². The highest BCUT2D eigenvalue weighted by Gasteiger charge is 2.33. The molecule has 0 saturated heterocycles. The Labute approximate surface area is 113 Å². The highest BCUT2D eigenvalue weighted by atomic mass is 19.4. The van der Waals surface area contributed by atoms with Gasteiger partial charge in [0.15, 0.2) is 0 Å². The van der Waals surface area contributed by atoms with E-state index in [4.69, 9.17) is 0 Å². The summed E-state index contributed by atoms with van der Waals surface area (Å²) in [6.07, 6.45) is -1.37. The monoisotopic (exact) mass is 283 g/mol. The van der Waals surface area contributed by atoms with Crippen molar-refractivity contribution >= 4 is 5.95 Å². The fourth-order valence-electron chi connectivity index (χ4n) is 1.56. The average Bonchev–Trinajstić information content (AvgIpc) is 2.38. The van der Waals surface area contributed by atoms with Gasteiger partial charge in [-0.15, -0.1) is 0 Å². The van der Waals surface area contributed by atoms with Crippen molar-refractivity contribution < 1.29 is 13.2 Å². The summed E-state index contributed by atoms with van der Waals surface area (Å²) in [5.74, 6) is 0.471. The van der Waals surface area contributed by atoms with Crippen molar-refractivity contribution in [1.82, 2.24) is 19.9 Å². The molecule has 0 unspecified atom stereocenters. The molecule has 0 radical (unpaired) electrons. The molecule has 8 heteroatoms. The Morgan fingerprint density at radius 1 is 1.15 bits per heavy atom. The van der Waals surface area contributed by atoms with Crippen LogP contribution in [-0.2, 0) is 12.7 Å². The normalized spacial score (nSPS) is 11.4. The zero-order valence-corrected chi connectivity index (χ0v) is 10.9. The predicted octanol–water partition coefficient (Wildman–Crippen LogP) is 2.23. The average molecular weight is 283 g/mol. The smallest absolute Gasteiger partial charge is 0.336 e. The first-order valence-corrected chi connectivity index (χ1v) is 5.76. The molecule has 0 fully saturated rings. The lowest BCUT2D eigenvalue weighted by molar-refractivity contribution is -0.141. The van der Waals surface area contributed by atoms with Gasteiger partial charge in [0, 0.05) is 25.1 Å². The Bertz CT molecular complexity index is 585. The Morgan fingerprint density at radius 2 is 1.80 bits per heavy atom. The summed E-state index contributed by atoms with van der Waals surface area (Å²) in [4.78, 5) is 17.0. The fraction of sp³-hybridized carbons (Fsp3) is 0.333. The standard InChI is InChI=1S/C12H12F3N5/c1-8-6-9(12(13,14)15)19-11(18-8)20(2)7-10-16-4-3-5-17-10/h3-6H,7H2,1-2H3. The molecule has 5 nitrogen and oxygen atoms in total. The zero-order chi connectivity index (χ0) is 14.8. The third kappa shape index (κ3) is 3.40. The molecule has 0 aromatic carbocycles. The highest BCUT2D eigenvalue weighted by Crippen LogP contribution is 2.28. The third-order valence-corrected chi connectivity index (χ3v) is 2.47. The van der Waals surface area contributed by atoms with E-state index in [-0.39, 0.29) is 18.2 Å². The van der Waals surface area contributed by atoms with Crippen LogP contribution in [0.2, 0.25) is 0 Å². The third-order valence-electron chi connectivity index (χ3n) is 2.47. The van der Waals surface area contributed by atoms with Crippen molar-refractivity contribution in [3.63, 3.8) is 0 Å². The van der Waals surface area contributed by atoms with Gasteiger partial charge < -0.3 is 4.90 Å². The van der Waals surface area contributed by atoms with Crippen molar-refractivity contribution in [2.24, 2.45) is 0 Å². The Balaban J connectivity index is 2.26. The van der Waals surface area contributed by atoms with Crippen molar-refractivity contribution in [3.05, 3.63) is 41.7 Å². The minimum Gasteiger partial charge on any atom is -0.336 e. The van der Waals surface area contributed by atoms with Crippen LogP contribution in [0, 0.1) is 6.92 Å². The van der Waals surface area contributed by atoms with Gasteiger partial charge in [0.25, 0.3) is 0 Å². The molecular formula is C12H12F3N5. The van der Waals surface area contributed by atoms with Gasteiger partial charge in [-0.25, -0.2) is 19.9 Å². The SMILES string of the molecule is Cc1cc(C(F)(F)F)nc(N(C)Cc2ncccn2)n1. The largest absolute Gasteiger partial charge is 0.433 e. The number of nitrogens with zero attached hydrogens (tertiary/aromatic N) is 5. The first-order chi connectivity index (χ1) is 9.36. The van der Waals surface area contributed by atoms with Gasteiger partial charge in [-0.05, 0) is 19.1 Å². The molecule has 2 heterocycles. The number of anilines is 1. The molecule has 0 amide bonds. The van der Waals surface area contributed by atoms with Crippen LogP contribution >= 0.6 is 0 Å². The maximum absolute atomic E-state index is 12.7. The van der Waals surface area contributed by atoms with Crippen LogP contribution in [0.25, 0.3) is 0 Å². The molecular weight excluding hydrogens is 271 g/mol. The molecule has 0 aliphatic rings. The number of rotatable bonds is 3. The van der Waals surface area contributed by atoms with Gasteiger partial charge >= 0.3 is 6.18 Å². The molecule has 0 bridgehead atoms. The molecule has 20 heavy (non-hydrogen) atoms. The number of halogens is 3. The van der Waals surface area contributed by atoms with Crippen LogP contribution in [0.15, 0.2) is 24.5 Å². The topological polar surface area (TPSA) is 54.8 Å². The van der Waals surface area contributed by atoms with Crippen molar-refractivity contribution in [2.45, 2.75) is 19.6 Å². The van der Waals surface area contributed by atoms with Crippen LogP contribution < -0.4 is 4.90 Å². The van der Waals surface area contributed by atoms with Crippen molar-refractivity contribution in [1.29, 1.82) is 0 Å². The molecule has 0 aliphatic heterocycles. The van der Waals surface area contributed by atoms with Crippen LogP contribution in [0.1, 0.15) is 17.2 Å². The molecule has 2 aromatic rings. The summed E-state index contributed by atoms with van der Waals surface area (Å²) in [6.45, 7) is 1.72. The number of hydrogen-bond acceptors (Lipinski definition) is 5. The molecule has 106 valence electrons. The van der Waals surface area contributed by atoms with Crippen LogP contribution in [0.4, 0.5) is 19.1 Å². The van der Waals surface area contributed by atoms with E-state index >= 15 is 0 Å². The Hall–Kier alpha value is -2.25. The fourth-order valence-corrected chi connectivity index (χ4v) is 1.56. The second-order valence-electron chi connectivity index (χ2n) is 4.21. The quantitative estimate of drug-likeness (QED) is 0.864. The van der Waals surface area contributed by atoms with E-state index < -0.39 is 11.9 Å². The van der Waals surface area contributed by atoms with Crippen LogP contribution in [-0.4, -0.2) is 27.0 Å². The summed E-state index contributed by atoms with van der Waals surface area (Å²) in [7, 11) is 1.59. The van der Waals surface area contributed by atoms with E-state index in [0.717, 1.165) is 6.07 Å². The second-order valence-corrected chi connectivity index (χ2v) is 4.21. The van der Waals surface area contributed by atoms with Gasteiger partial charge in [0.05, 0.1) is 6.54 Å². The van der Waals surface area contributed by atoms with Crippen molar-refractivity contribution in [3.8, 4) is 0 Å². The summed E-state index contributed by atoms with van der Waals surface area (Å²) >= 11 is 0. The summed E-state index contributed by atoms with van der Waals surface area (Å²) < 4.78 is 38.1. The second kappa shape index (κ2) is 5.40. The lowest BCUT2D eigenvalue weighted by atomic mass is 10.3. The van der Waals surface area contributed by atoms with E-state index in [1.807, 2.05) is 0 Å². The Kier molecular flexibility index (Phi) is 3.82.